The normalized spacial score (nSPS) is 12.3. The van der Waals surface area contributed by atoms with Gasteiger partial charge in [0, 0.05) is 18.9 Å². The van der Waals surface area contributed by atoms with Gasteiger partial charge in [0.25, 0.3) is 0 Å². The predicted molar refractivity (Wildman–Crippen MR) is 97.5 cm³/mol. The quantitative estimate of drug-likeness (QED) is 0.278. The number of hydrogen-bond donors (Lipinski definition) is 1. The number of hydrogen-bond acceptors (Lipinski definition) is 3. The second-order valence-corrected chi connectivity index (χ2v) is 6.96. The van der Waals surface area contributed by atoms with Crippen molar-refractivity contribution in [2.45, 2.75) is 104 Å². The summed E-state index contributed by atoms with van der Waals surface area (Å²) in [7, 11) is 0. The molecule has 138 valence electrons. The molecule has 0 saturated carbocycles. The molecule has 0 heterocycles. The van der Waals surface area contributed by atoms with Crippen LogP contribution in [0.5, 0.6) is 0 Å². The van der Waals surface area contributed by atoms with Gasteiger partial charge in [0.05, 0.1) is 6.61 Å². The van der Waals surface area contributed by atoms with E-state index in [1.54, 1.807) is 0 Å². The van der Waals surface area contributed by atoms with Crippen molar-refractivity contribution < 1.29 is 14.6 Å². The van der Waals surface area contributed by atoms with Gasteiger partial charge in [-0.25, -0.2) is 0 Å². The summed E-state index contributed by atoms with van der Waals surface area (Å²) in [4.78, 5) is 11.5. The van der Waals surface area contributed by atoms with Gasteiger partial charge < -0.3 is 9.84 Å². The number of ether oxygens (including phenoxy) is 1. The summed E-state index contributed by atoms with van der Waals surface area (Å²) in [5.74, 6) is -0.0704. The summed E-state index contributed by atoms with van der Waals surface area (Å²) in [6.45, 7) is 4.55. The highest BCUT2D eigenvalue weighted by molar-refractivity contribution is 5.69. The number of rotatable bonds is 17. The van der Waals surface area contributed by atoms with E-state index < -0.39 is 0 Å². The molecule has 1 atom stereocenters. The minimum Gasteiger partial charge on any atom is -0.465 e. The van der Waals surface area contributed by atoms with E-state index in [0.717, 1.165) is 12.8 Å². The van der Waals surface area contributed by atoms with Crippen LogP contribution in [0.25, 0.3) is 0 Å². The van der Waals surface area contributed by atoms with E-state index in [9.17, 15) is 4.79 Å². The molecule has 23 heavy (non-hydrogen) atoms. The van der Waals surface area contributed by atoms with Gasteiger partial charge in [0.15, 0.2) is 0 Å². The van der Waals surface area contributed by atoms with Gasteiger partial charge >= 0.3 is 5.97 Å². The molecular weight excluding hydrogens is 288 g/mol. The second-order valence-electron chi connectivity index (χ2n) is 6.96. The third-order valence-corrected chi connectivity index (χ3v) is 4.32. The third-order valence-electron chi connectivity index (χ3n) is 4.32. The Balaban J connectivity index is 3.14. The Hall–Kier alpha value is -0.570. The molecule has 0 spiro atoms. The molecule has 0 aromatic heterocycles. The van der Waals surface area contributed by atoms with Crippen LogP contribution in [-0.4, -0.2) is 24.3 Å². The zero-order chi connectivity index (χ0) is 17.2. The van der Waals surface area contributed by atoms with Crippen LogP contribution in [-0.2, 0) is 9.53 Å². The molecule has 0 unspecified atom stereocenters. The molecule has 0 amide bonds. The van der Waals surface area contributed by atoms with Gasteiger partial charge in [0.2, 0.25) is 0 Å². The van der Waals surface area contributed by atoms with Gasteiger partial charge in [-0.3, -0.25) is 4.79 Å². The fourth-order valence-electron chi connectivity index (χ4n) is 2.65. The zero-order valence-corrected chi connectivity index (χ0v) is 15.7. The summed E-state index contributed by atoms with van der Waals surface area (Å²) in [5, 5.41) is 8.86. The molecule has 0 radical (unpaired) electrons. The maximum absolute atomic E-state index is 11.5. The van der Waals surface area contributed by atoms with Gasteiger partial charge in [0.1, 0.15) is 0 Å². The Labute approximate surface area is 144 Å². The third kappa shape index (κ3) is 17.6. The summed E-state index contributed by atoms with van der Waals surface area (Å²) in [6, 6.07) is 0. The fourth-order valence-corrected chi connectivity index (χ4v) is 2.65. The first-order valence-electron chi connectivity index (χ1n) is 9.97. The average Bonchev–Trinajstić information content (AvgIpc) is 2.56. The monoisotopic (exact) mass is 328 g/mol. The minimum absolute atomic E-state index is 0.0468. The van der Waals surface area contributed by atoms with Crippen molar-refractivity contribution in [2.75, 3.05) is 13.2 Å². The fraction of sp³-hybridized carbons (Fsp3) is 0.950. The highest BCUT2D eigenvalue weighted by Gasteiger charge is 2.06. The van der Waals surface area contributed by atoms with E-state index in [1.165, 1.54) is 70.6 Å². The van der Waals surface area contributed by atoms with Gasteiger partial charge in [-0.2, -0.15) is 0 Å². The predicted octanol–water partition coefficient (Wildman–Crippen LogP) is 5.64. The Morgan fingerprint density at radius 3 is 1.70 bits per heavy atom. The summed E-state index contributed by atoms with van der Waals surface area (Å²) in [5.41, 5.74) is 0. The van der Waals surface area contributed by atoms with Crippen molar-refractivity contribution in [2.24, 2.45) is 5.92 Å². The van der Waals surface area contributed by atoms with Crippen LogP contribution in [0, 0.1) is 5.92 Å². The largest absolute Gasteiger partial charge is 0.465 e. The summed E-state index contributed by atoms with van der Waals surface area (Å²) in [6.07, 6.45) is 17.6. The van der Waals surface area contributed by atoms with Crippen LogP contribution < -0.4 is 0 Å². The van der Waals surface area contributed by atoms with Crippen molar-refractivity contribution >= 4 is 5.97 Å². The number of esters is 1. The molecule has 0 bridgehead atoms. The van der Waals surface area contributed by atoms with Gasteiger partial charge in [-0.1, -0.05) is 90.9 Å². The maximum Gasteiger partial charge on any atom is 0.305 e. The van der Waals surface area contributed by atoms with Crippen molar-refractivity contribution in [3.05, 3.63) is 0 Å². The van der Waals surface area contributed by atoms with Crippen LogP contribution in [0.2, 0.25) is 0 Å². The van der Waals surface area contributed by atoms with E-state index in [-0.39, 0.29) is 18.5 Å². The molecule has 1 N–H and O–H groups in total. The van der Waals surface area contributed by atoms with Gasteiger partial charge in [-0.15, -0.1) is 0 Å². The first kappa shape index (κ1) is 22.4. The molecule has 3 nitrogen and oxygen atoms in total. The van der Waals surface area contributed by atoms with E-state index in [1.807, 2.05) is 6.92 Å². The van der Waals surface area contributed by atoms with Crippen molar-refractivity contribution in [3.8, 4) is 0 Å². The Bertz CT molecular complexity index is 253. The number of aliphatic hydroxyl groups excluding tert-OH is 1. The Morgan fingerprint density at radius 2 is 1.26 bits per heavy atom. The number of unbranched alkanes of at least 4 members (excludes halogenated alkanes) is 12. The molecule has 0 fully saturated rings. The smallest absolute Gasteiger partial charge is 0.305 e. The lowest BCUT2D eigenvalue weighted by Gasteiger charge is -2.08. The molecule has 0 aliphatic carbocycles. The first-order valence-corrected chi connectivity index (χ1v) is 9.97. The molecule has 0 saturated heterocycles. The highest BCUT2D eigenvalue weighted by atomic mass is 16.5. The lowest BCUT2D eigenvalue weighted by Crippen LogP contribution is -2.14. The maximum atomic E-state index is 11.5. The Morgan fingerprint density at radius 1 is 0.826 bits per heavy atom. The van der Waals surface area contributed by atoms with Crippen molar-refractivity contribution in [1.29, 1.82) is 0 Å². The molecule has 0 aromatic rings. The number of carbonyl (C=O) groups is 1. The lowest BCUT2D eigenvalue weighted by atomic mass is 10.0. The molecular formula is C20H40O3. The van der Waals surface area contributed by atoms with Gasteiger partial charge in [-0.05, 0) is 6.42 Å². The SMILES string of the molecule is CCCCCCCCCCCCCCCC(=O)OC[C@H](C)CO. The summed E-state index contributed by atoms with van der Waals surface area (Å²) < 4.78 is 5.10. The van der Waals surface area contributed by atoms with E-state index in [2.05, 4.69) is 6.92 Å². The molecule has 0 aliphatic heterocycles. The van der Waals surface area contributed by atoms with Crippen molar-refractivity contribution in [1.82, 2.24) is 0 Å². The molecule has 0 aliphatic rings. The second kappa shape index (κ2) is 17.8. The zero-order valence-electron chi connectivity index (χ0n) is 15.7. The molecule has 0 rings (SSSR count). The average molecular weight is 329 g/mol. The van der Waals surface area contributed by atoms with Crippen molar-refractivity contribution in [3.63, 3.8) is 0 Å². The van der Waals surface area contributed by atoms with E-state index >= 15 is 0 Å². The number of aliphatic hydroxyl groups is 1. The van der Waals surface area contributed by atoms with Crippen LogP contribution in [0.3, 0.4) is 0 Å². The number of carbonyl (C=O) groups excluding carboxylic acids is 1. The molecule has 3 heteroatoms. The van der Waals surface area contributed by atoms with Crippen LogP contribution in [0.4, 0.5) is 0 Å². The lowest BCUT2D eigenvalue weighted by molar-refractivity contribution is -0.145. The Kier molecular flexibility index (Phi) is 17.3. The first-order chi connectivity index (χ1) is 11.2. The minimum atomic E-state index is -0.117. The van der Waals surface area contributed by atoms with Crippen LogP contribution in [0.1, 0.15) is 104 Å². The topological polar surface area (TPSA) is 46.5 Å². The standard InChI is InChI=1S/C20H40O3/c1-3-4-5-6-7-8-9-10-11-12-13-14-15-16-20(22)23-18-19(2)17-21/h19,21H,3-18H2,1-2H3/t19-/m1/s1. The van der Waals surface area contributed by atoms with E-state index in [4.69, 9.17) is 9.84 Å². The van der Waals surface area contributed by atoms with E-state index in [0.29, 0.717) is 13.0 Å². The summed E-state index contributed by atoms with van der Waals surface area (Å²) >= 11 is 0. The van der Waals surface area contributed by atoms with Crippen LogP contribution in [0.15, 0.2) is 0 Å². The highest BCUT2D eigenvalue weighted by Crippen LogP contribution is 2.13. The molecule has 0 aromatic carbocycles. The van der Waals surface area contributed by atoms with Crippen LogP contribution >= 0.6 is 0 Å².